The molecule has 2 amide bonds. The van der Waals surface area contributed by atoms with E-state index in [1.54, 1.807) is 6.07 Å². The molecule has 1 aromatic carbocycles. The maximum absolute atomic E-state index is 12.4. The van der Waals surface area contributed by atoms with Crippen molar-refractivity contribution < 1.29 is 9.59 Å². The molecule has 5 heteroatoms. The van der Waals surface area contributed by atoms with Crippen LogP contribution in [-0.4, -0.2) is 18.4 Å². The van der Waals surface area contributed by atoms with Gasteiger partial charge in [-0.15, -0.1) is 0 Å². The van der Waals surface area contributed by atoms with Crippen LogP contribution in [0.4, 0.5) is 0 Å². The van der Waals surface area contributed by atoms with Gasteiger partial charge in [-0.1, -0.05) is 23.7 Å². The second-order valence-corrected chi connectivity index (χ2v) is 9.21. The van der Waals surface area contributed by atoms with E-state index in [2.05, 4.69) is 10.6 Å². The summed E-state index contributed by atoms with van der Waals surface area (Å²) in [4.78, 5) is 24.5. The van der Waals surface area contributed by atoms with Crippen molar-refractivity contribution in [3.05, 3.63) is 34.9 Å². The van der Waals surface area contributed by atoms with Crippen LogP contribution in [0.15, 0.2) is 24.3 Å². The highest BCUT2D eigenvalue weighted by Crippen LogP contribution is 2.61. The Hall–Kier alpha value is -1.55. The van der Waals surface area contributed by atoms with Crippen LogP contribution in [0.3, 0.4) is 0 Å². The quantitative estimate of drug-likeness (QED) is 0.798. The molecule has 140 valence electrons. The number of carbonyl (C=O) groups excluding carboxylic acids is 2. The van der Waals surface area contributed by atoms with Crippen LogP contribution in [-0.2, 0) is 16.1 Å². The first-order valence-electron chi connectivity index (χ1n) is 9.77. The predicted molar refractivity (Wildman–Crippen MR) is 102 cm³/mol. The molecule has 4 aliphatic carbocycles. The van der Waals surface area contributed by atoms with Crippen LogP contribution < -0.4 is 10.6 Å². The normalized spacial score (nSPS) is 31.7. The molecule has 4 bridgehead atoms. The Balaban J connectivity index is 1.22. The molecular weight excluding hydrogens is 348 g/mol. The molecule has 0 spiro atoms. The van der Waals surface area contributed by atoms with Gasteiger partial charge in [0.1, 0.15) is 0 Å². The van der Waals surface area contributed by atoms with Gasteiger partial charge in [0.05, 0.1) is 6.54 Å². The topological polar surface area (TPSA) is 58.2 Å². The standard InChI is InChI=1S/C21H27ClN2O2/c22-18-3-1-2-14(7-18)12-23-20(26)13-24-19(25)11-21-8-15-4-16(9-21)6-17(5-15)10-21/h1-3,7,15-17H,4-6,8-13H2,(H,23,26)(H,24,25). The van der Waals surface area contributed by atoms with E-state index < -0.39 is 0 Å². The monoisotopic (exact) mass is 374 g/mol. The Bertz CT molecular complexity index is 668. The summed E-state index contributed by atoms with van der Waals surface area (Å²) in [7, 11) is 0. The zero-order valence-corrected chi connectivity index (χ0v) is 15.9. The van der Waals surface area contributed by atoms with E-state index in [-0.39, 0.29) is 23.8 Å². The lowest BCUT2D eigenvalue weighted by molar-refractivity contribution is -0.131. The smallest absolute Gasteiger partial charge is 0.239 e. The molecule has 0 heterocycles. The summed E-state index contributed by atoms with van der Waals surface area (Å²) < 4.78 is 0. The number of rotatable bonds is 6. The zero-order chi connectivity index (χ0) is 18.1. The first-order chi connectivity index (χ1) is 12.5. The van der Waals surface area contributed by atoms with Gasteiger partial charge in [-0.2, -0.15) is 0 Å². The molecule has 4 aliphatic rings. The fraction of sp³-hybridized carbons (Fsp3) is 0.619. The summed E-state index contributed by atoms with van der Waals surface area (Å²) in [6.07, 6.45) is 8.39. The van der Waals surface area contributed by atoms with Gasteiger partial charge in [-0.05, 0) is 79.4 Å². The van der Waals surface area contributed by atoms with Gasteiger partial charge < -0.3 is 10.6 Å². The van der Waals surface area contributed by atoms with E-state index in [1.165, 1.54) is 38.5 Å². The lowest BCUT2D eigenvalue weighted by Crippen LogP contribution is -2.48. The van der Waals surface area contributed by atoms with Crippen molar-refractivity contribution in [2.75, 3.05) is 6.54 Å². The number of amides is 2. The largest absolute Gasteiger partial charge is 0.350 e. The minimum Gasteiger partial charge on any atom is -0.350 e. The molecule has 5 rings (SSSR count). The van der Waals surface area contributed by atoms with E-state index in [9.17, 15) is 9.59 Å². The summed E-state index contributed by atoms with van der Waals surface area (Å²) >= 11 is 5.94. The lowest BCUT2D eigenvalue weighted by Gasteiger charge is -2.56. The van der Waals surface area contributed by atoms with Crippen molar-refractivity contribution in [2.45, 2.75) is 51.5 Å². The highest BCUT2D eigenvalue weighted by atomic mass is 35.5. The second-order valence-electron chi connectivity index (χ2n) is 8.78. The molecule has 0 aromatic heterocycles. The van der Waals surface area contributed by atoms with Crippen molar-refractivity contribution in [3.63, 3.8) is 0 Å². The van der Waals surface area contributed by atoms with Crippen molar-refractivity contribution >= 4 is 23.4 Å². The summed E-state index contributed by atoms with van der Waals surface area (Å²) in [6.45, 7) is 0.468. The van der Waals surface area contributed by atoms with Gasteiger partial charge >= 0.3 is 0 Å². The van der Waals surface area contributed by atoms with Gasteiger partial charge in [0.25, 0.3) is 0 Å². The van der Waals surface area contributed by atoms with Crippen LogP contribution >= 0.6 is 11.6 Å². The first-order valence-corrected chi connectivity index (χ1v) is 10.2. The van der Waals surface area contributed by atoms with E-state index in [0.717, 1.165) is 23.3 Å². The summed E-state index contributed by atoms with van der Waals surface area (Å²) in [5.41, 5.74) is 1.17. The summed E-state index contributed by atoms with van der Waals surface area (Å²) in [5, 5.41) is 6.31. The number of nitrogens with one attached hydrogen (secondary N) is 2. The maximum Gasteiger partial charge on any atom is 0.239 e. The Kier molecular flexibility index (Phi) is 4.96. The molecular formula is C21H27ClN2O2. The average Bonchev–Trinajstić information content (AvgIpc) is 2.56. The molecule has 4 nitrogen and oxygen atoms in total. The minimum atomic E-state index is -0.163. The number of hydrogen-bond donors (Lipinski definition) is 2. The van der Waals surface area contributed by atoms with Gasteiger partial charge in [-0.25, -0.2) is 0 Å². The molecule has 4 saturated carbocycles. The molecule has 0 atom stereocenters. The molecule has 0 unspecified atom stereocenters. The van der Waals surface area contributed by atoms with Crippen LogP contribution in [0, 0.1) is 23.2 Å². The van der Waals surface area contributed by atoms with Gasteiger partial charge in [0.2, 0.25) is 11.8 Å². The predicted octanol–water partition coefficient (Wildman–Crippen LogP) is 3.68. The first kappa shape index (κ1) is 17.8. The minimum absolute atomic E-state index is 0.0323. The molecule has 2 N–H and O–H groups in total. The van der Waals surface area contributed by atoms with E-state index >= 15 is 0 Å². The van der Waals surface area contributed by atoms with Crippen LogP contribution in [0.5, 0.6) is 0 Å². The second kappa shape index (κ2) is 7.22. The third kappa shape index (κ3) is 4.06. The maximum atomic E-state index is 12.4. The Morgan fingerprint density at radius 1 is 1.00 bits per heavy atom. The van der Waals surface area contributed by atoms with Gasteiger partial charge in [0.15, 0.2) is 0 Å². The highest BCUT2D eigenvalue weighted by Gasteiger charge is 2.51. The number of carbonyl (C=O) groups is 2. The van der Waals surface area contributed by atoms with Crippen molar-refractivity contribution in [1.82, 2.24) is 10.6 Å². The van der Waals surface area contributed by atoms with E-state index in [0.29, 0.717) is 18.0 Å². The fourth-order valence-electron chi connectivity index (χ4n) is 6.00. The van der Waals surface area contributed by atoms with Gasteiger partial charge in [0, 0.05) is 18.0 Å². The number of halogens is 1. The third-order valence-electron chi connectivity index (χ3n) is 6.53. The molecule has 1 aromatic rings. The fourth-order valence-corrected chi connectivity index (χ4v) is 6.21. The Morgan fingerprint density at radius 2 is 1.65 bits per heavy atom. The SMILES string of the molecule is O=C(CNC(=O)CC12CC3CC(CC(C3)C1)C2)NCc1cccc(Cl)c1. The van der Waals surface area contributed by atoms with Crippen molar-refractivity contribution in [3.8, 4) is 0 Å². The zero-order valence-electron chi connectivity index (χ0n) is 15.1. The average molecular weight is 375 g/mol. The molecule has 0 radical (unpaired) electrons. The Morgan fingerprint density at radius 3 is 2.27 bits per heavy atom. The van der Waals surface area contributed by atoms with Crippen LogP contribution in [0.1, 0.15) is 50.5 Å². The van der Waals surface area contributed by atoms with Crippen LogP contribution in [0.25, 0.3) is 0 Å². The molecule has 0 saturated heterocycles. The summed E-state index contributed by atoms with van der Waals surface area (Å²) in [6, 6.07) is 7.40. The summed E-state index contributed by atoms with van der Waals surface area (Å²) in [5.74, 6) is 2.40. The number of hydrogen-bond acceptors (Lipinski definition) is 2. The molecule has 4 fully saturated rings. The van der Waals surface area contributed by atoms with Crippen LogP contribution in [0.2, 0.25) is 5.02 Å². The Labute approximate surface area is 160 Å². The van der Waals surface area contributed by atoms with Crippen molar-refractivity contribution in [2.24, 2.45) is 23.2 Å². The molecule has 0 aliphatic heterocycles. The van der Waals surface area contributed by atoms with Crippen molar-refractivity contribution in [1.29, 1.82) is 0 Å². The third-order valence-corrected chi connectivity index (χ3v) is 6.76. The van der Waals surface area contributed by atoms with E-state index in [1.807, 2.05) is 18.2 Å². The van der Waals surface area contributed by atoms with Gasteiger partial charge in [-0.3, -0.25) is 9.59 Å². The molecule has 26 heavy (non-hydrogen) atoms. The highest BCUT2D eigenvalue weighted by molar-refractivity contribution is 6.30. The number of benzene rings is 1. The van der Waals surface area contributed by atoms with E-state index in [4.69, 9.17) is 11.6 Å². The lowest BCUT2D eigenvalue weighted by atomic mass is 9.49.